The quantitative estimate of drug-likeness (QED) is 0.168. The van der Waals surface area contributed by atoms with E-state index in [1.807, 2.05) is 11.3 Å². The van der Waals surface area contributed by atoms with Crippen LogP contribution in [0.25, 0.3) is 97.0 Å². The first kappa shape index (κ1) is 28.0. The maximum absolute atomic E-state index is 2.36. The number of hydrogen-bond donors (Lipinski definition) is 0. The van der Waals surface area contributed by atoms with Crippen LogP contribution in [-0.2, 0) is 0 Å². The molecule has 0 unspecified atom stereocenters. The van der Waals surface area contributed by atoms with Crippen LogP contribution in [0.5, 0.6) is 0 Å². The molecule has 10 rings (SSSR count). The predicted molar refractivity (Wildman–Crippen MR) is 214 cm³/mol. The van der Waals surface area contributed by atoms with E-state index in [1.54, 1.807) is 0 Å². The van der Waals surface area contributed by atoms with Crippen molar-refractivity contribution >= 4 is 63.8 Å². The van der Waals surface area contributed by atoms with Crippen LogP contribution >= 0.6 is 11.3 Å². The summed E-state index contributed by atoms with van der Waals surface area (Å²) in [6, 6.07) is 67.0. The molecule has 0 aliphatic rings. The third kappa shape index (κ3) is 4.66. The van der Waals surface area contributed by atoms with Gasteiger partial charge in [-0.05, 0) is 107 Å². The fraction of sp³-hybridized carbons (Fsp3) is 0. The average molecular weight is 639 g/mol. The van der Waals surface area contributed by atoms with Crippen molar-refractivity contribution in [3.8, 4) is 44.5 Å². The normalized spacial score (nSPS) is 11.7. The number of hydrogen-bond acceptors (Lipinski definition) is 1. The molecule has 1 aromatic heterocycles. The second-order valence-corrected chi connectivity index (χ2v) is 14.0. The van der Waals surface area contributed by atoms with E-state index >= 15 is 0 Å². The molecule has 9 aromatic carbocycles. The lowest BCUT2D eigenvalue weighted by molar-refractivity contribution is 1.62. The molecule has 0 atom stereocenters. The van der Waals surface area contributed by atoms with Gasteiger partial charge >= 0.3 is 0 Å². The van der Waals surface area contributed by atoms with E-state index < -0.39 is 0 Å². The Kier molecular flexibility index (Phi) is 6.47. The Morgan fingerprint density at radius 2 is 0.735 bits per heavy atom. The van der Waals surface area contributed by atoms with E-state index in [2.05, 4.69) is 182 Å². The maximum Gasteiger partial charge on any atom is 0.0355 e. The summed E-state index contributed by atoms with van der Waals surface area (Å²) in [5, 5.41) is 10.3. The van der Waals surface area contributed by atoms with Gasteiger partial charge in [0.05, 0.1) is 0 Å². The van der Waals surface area contributed by atoms with Crippen molar-refractivity contribution in [2.24, 2.45) is 0 Å². The zero-order valence-corrected chi connectivity index (χ0v) is 27.5. The van der Waals surface area contributed by atoms with Crippen LogP contribution in [0, 0.1) is 0 Å². The number of rotatable bonds is 4. The monoisotopic (exact) mass is 638 g/mol. The van der Waals surface area contributed by atoms with E-state index in [4.69, 9.17) is 0 Å². The van der Waals surface area contributed by atoms with Gasteiger partial charge in [0.2, 0.25) is 0 Å². The summed E-state index contributed by atoms with van der Waals surface area (Å²) in [6.45, 7) is 0. The lowest BCUT2D eigenvalue weighted by Crippen LogP contribution is -1.91. The molecule has 0 radical (unpaired) electrons. The molecule has 0 bridgehead atoms. The van der Waals surface area contributed by atoms with Crippen molar-refractivity contribution in [2.75, 3.05) is 0 Å². The van der Waals surface area contributed by atoms with Gasteiger partial charge in [0.25, 0.3) is 0 Å². The molecule has 0 nitrogen and oxygen atoms in total. The lowest BCUT2D eigenvalue weighted by Gasteiger charge is -2.18. The maximum atomic E-state index is 2.36. The zero-order chi connectivity index (χ0) is 32.3. The van der Waals surface area contributed by atoms with Crippen LogP contribution < -0.4 is 0 Å². The van der Waals surface area contributed by atoms with Crippen LogP contribution in [0.3, 0.4) is 0 Å². The van der Waals surface area contributed by atoms with Gasteiger partial charge in [-0.15, -0.1) is 11.3 Å². The summed E-state index contributed by atoms with van der Waals surface area (Å²) in [6.07, 6.45) is 0. The molecule has 0 fully saturated rings. The van der Waals surface area contributed by atoms with E-state index in [0.717, 1.165) is 0 Å². The van der Waals surface area contributed by atoms with Gasteiger partial charge in [-0.3, -0.25) is 0 Å². The van der Waals surface area contributed by atoms with Gasteiger partial charge in [-0.2, -0.15) is 0 Å². The van der Waals surface area contributed by atoms with Crippen molar-refractivity contribution < 1.29 is 0 Å². The van der Waals surface area contributed by atoms with Crippen molar-refractivity contribution in [2.45, 2.75) is 0 Å². The lowest BCUT2D eigenvalue weighted by atomic mass is 9.85. The van der Waals surface area contributed by atoms with Crippen molar-refractivity contribution in [1.82, 2.24) is 0 Å². The Labute approximate surface area is 289 Å². The fourth-order valence-corrected chi connectivity index (χ4v) is 8.79. The minimum atomic E-state index is 1.23. The van der Waals surface area contributed by atoms with Crippen LogP contribution in [0.4, 0.5) is 0 Å². The topological polar surface area (TPSA) is 0 Å². The van der Waals surface area contributed by atoms with Crippen molar-refractivity contribution in [3.05, 3.63) is 182 Å². The van der Waals surface area contributed by atoms with Gasteiger partial charge in [0.1, 0.15) is 0 Å². The molecule has 0 amide bonds. The van der Waals surface area contributed by atoms with Gasteiger partial charge in [-0.25, -0.2) is 0 Å². The molecular formula is C48H30S. The largest absolute Gasteiger partial charge is 0.135 e. The Morgan fingerprint density at radius 3 is 1.47 bits per heavy atom. The minimum absolute atomic E-state index is 1.23. The SMILES string of the molecule is c1cc(-c2ccc3ccccc3c2)cc(-c2c3ccccc3c(-c3ccc(-c4ccc5sc6ccccc6c5c4)cc3)c3ccccc23)c1. The third-order valence-electron chi connectivity index (χ3n) is 10.0. The summed E-state index contributed by atoms with van der Waals surface area (Å²) < 4.78 is 2.68. The molecule has 0 spiro atoms. The summed E-state index contributed by atoms with van der Waals surface area (Å²) in [7, 11) is 0. The van der Waals surface area contributed by atoms with E-state index in [0.29, 0.717) is 0 Å². The second-order valence-electron chi connectivity index (χ2n) is 12.9. The third-order valence-corrected chi connectivity index (χ3v) is 11.2. The Bertz CT molecular complexity index is 2810. The second kappa shape index (κ2) is 11.3. The molecule has 1 heterocycles. The highest BCUT2D eigenvalue weighted by molar-refractivity contribution is 7.25. The Balaban J connectivity index is 1.11. The molecular weight excluding hydrogens is 609 g/mol. The van der Waals surface area contributed by atoms with Crippen LogP contribution in [0.2, 0.25) is 0 Å². The fourth-order valence-electron chi connectivity index (χ4n) is 7.71. The highest BCUT2D eigenvalue weighted by Crippen LogP contribution is 2.45. The first-order chi connectivity index (χ1) is 24.3. The van der Waals surface area contributed by atoms with E-state index in [-0.39, 0.29) is 0 Å². The molecule has 0 aliphatic heterocycles. The van der Waals surface area contributed by atoms with Crippen LogP contribution in [0.1, 0.15) is 0 Å². The summed E-state index contributed by atoms with van der Waals surface area (Å²) >= 11 is 1.87. The molecule has 10 aromatic rings. The average Bonchev–Trinajstić information content (AvgIpc) is 3.55. The number of benzene rings is 9. The molecule has 1 heteroatoms. The summed E-state index contributed by atoms with van der Waals surface area (Å²) in [4.78, 5) is 0. The Morgan fingerprint density at radius 1 is 0.245 bits per heavy atom. The molecule has 0 saturated heterocycles. The molecule has 49 heavy (non-hydrogen) atoms. The highest BCUT2D eigenvalue weighted by atomic mass is 32.1. The molecule has 228 valence electrons. The molecule has 0 aliphatic carbocycles. The Hall–Kier alpha value is -6.02. The van der Waals surface area contributed by atoms with Gasteiger partial charge in [0, 0.05) is 20.2 Å². The summed E-state index contributed by atoms with van der Waals surface area (Å²) in [5.74, 6) is 0. The predicted octanol–water partition coefficient (Wildman–Crippen LogP) is 14.2. The minimum Gasteiger partial charge on any atom is -0.135 e. The molecule has 0 saturated carbocycles. The zero-order valence-electron chi connectivity index (χ0n) is 26.7. The van der Waals surface area contributed by atoms with Crippen molar-refractivity contribution in [3.63, 3.8) is 0 Å². The van der Waals surface area contributed by atoms with Gasteiger partial charge < -0.3 is 0 Å². The van der Waals surface area contributed by atoms with E-state index in [9.17, 15) is 0 Å². The van der Waals surface area contributed by atoms with Gasteiger partial charge in [-0.1, -0.05) is 152 Å². The number of thiophene rings is 1. The molecule has 0 N–H and O–H groups in total. The standard InChI is InChI=1S/C48H30S/c1-2-11-34-28-36(25-22-31(34)10-1)35-12-9-13-38(29-35)48-42-17-5-3-15-40(42)47(41-16-4-6-18-43(41)48)33-23-20-32(21-24-33)37-26-27-46-44(30-37)39-14-7-8-19-45(39)49-46/h1-30H. The highest BCUT2D eigenvalue weighted by Gasteiger charge is 2.17. The first-order valence-electron chi connectivity index (χ1n) is 16.8. The summed E-state index contributed by atoms with van der Waals surface area (Å²) in [5.41, 5.74) is 9.97. The van der Waals surface area contributed by atoms with E-state index in [1.165, 1.54) is 97.0 Å². The smallest absolute Gasteiger partial charge is 0.0355 e. The number of fused-ring (bicyclic) bond motifs is 6. The van der Waals surface area contributed by atoms with Crippen molar-refractivity contribution in [1.29, 1.82) is 0 Å². The first-order valence-corrected chi connectivity index (χ1v) is 17.7. The van der Waals surface area contributed by atoms with Crippen LogP contribution in [-0.4, -0.2) is 0 Å². The van der Waals surface area contributed by atoms with Gasteiger partial charge in [0.15, 0.2) is 0 Å². The van der Waals surface area contributed by atoms with Crippen LogP contribution in [0.15, 0.2) is 182 Å².